The van der Waals surface area contributed by atoms with E-state index in [1.807, 2.05) is 0 Å². The SMILES string of the molecule is CC(C(=O)O)c1ccc(NC(=O)c2ccccc2N(C)C(=O)C2CC2)cc1. The maximum absolute atomic E-state index is 12.7. The molecule has 0 radical (unpaired) electrons. The lowest BCUT2D eigenvalue weighted by molar-refractivity contribution is -0.138. The van der Waals surface area contributed by atoms with Crippen molar-refractivity contribution >= 4 is 29.2 Å². The zero-order chi connectivity index (χ0) is 19.6. The van der Waals surface area contributed by atoms with Gasteiger partial charge in [-0.2, -0.15) is 0 Å². The molecule has 0 saturated heterocycles. The van der Waals surface area contributed by atoms with Crippen molar-refractivity contribution in [3.63, 3.8) is 0 Å². The number of anilines is 2. The van der Waals surface area contributed by atoms with Gasteiger partial charge in [-0.05, 0) is 49.6 Å². The van der Waals surface area contributed by atoms with Crippen molar-refractivity contribution in [1.29, 1.82) is 0 Å². The molecule has 0 aromatic heterocycles. The van der Waals surface area contributed by atoms with Gasteiger partial charge in [-0.15, -0.1) is 0 Å². The Balaban J connectivity index is 1.76. The van der Waals surface area contributed by atoms with E-state index < -0.39 is 11.9 Å². The van der Waals surface area contributed by atoms with E-state index in [-0.39, 0.29) is 17.7 Å². The highest BCUT2D eigenvalue weighted by molar-refractivity contribution is 6.10. The first-order chi connectivity index (χ1) is 12.9. The molecule has 0 aliphatic heterocycles. The lowest BCUT2D eigenvalue weighted by Gasteiger charge is -2.20. The normalized spacial score (nSPS) is 14.3. The molecular weight excluding hydrogens is 344 g/mol. The van der Waals surface area contributed by atoms with Crippen LogP contribution in [-0.4, -0.2) is 29.9 Å². The highest BCUT2D eigenvalue weighted by Gasteiger charge is 2.33. The van der Waals surface area contributed by atoms with E-state index in [9.17, 15) is 14.4 Å². The predicted molar refractivity (Wildman–Crippen MR) is 103 cm³/mol. The summed E-state index contributed by atoms with van der Waals surface area (Å²) in [5.74, 6) is -1.74. The number of aliphatic carboxylic acids is 1. The first-order valence-electron chi connectivity index (χ1n) is 8.89. The van der Waals surface area contributed by atoms with Gasteiger partial charge in [0.1, 0.15) is 0 Å². The number of hydrogen-bond acceptors (Lipinski definition) is 3. The third-order valence-electron chi connectivity index (χ3n) is 4.81. The minimum Gasteiger partial charge on any atom is -0.481 e. The van der Waals surface area contributed by atoms with Gasteiger partial charge in [0.2, 0.25) is 5.91 Å². The van der Waals surface area contributed by atoms with Gasteiger partial charge >= 0.3 is 5.97 Å². The molecule has 1 atom stereocenters. The largest absolute Gasteiger partial charge is 0.481 e. The van der Waals surface area contributed by atoms with Gasteiger partial charge < -0.3 is 15.3 Å². The number of carboxylic acids is 1. The lowest BCUT2D eigenvalue weighted by atomic mass is 10.0. The van der Waals surface area contributed by atoms with E-state index in [0.29, 0.717) is 22.5 Å². The summed E-state index contributed by atoms with van der Waals surface area (Å²) in [6.07, 6.45) is 1.80. The minimum atomic E-state index is -0.899. The zero-order valence-electron chi connectivity index (χ0n) is 15.3. The number of carbonyl (C=O) groups is 3. The average molecular weight is 366 g/mol. The second kappa shape index (κ2) is 7.61. The van der Waals surface area contributed by atoms with Gasteiger partial charge in [0.15, 0.2) is 0 Å². The monoisotopic (exact) mass is 366 g/mol. The van der Waals surface area contributed by atoms with Crippen molar-refractivity contribution in [2.75, 3.05) is 17.3 Å². The summed E-state index contributed by atoms with van der Waals surface area (Å²) < 4.78 is 0. The molecule has 2 aromatic carbocycles. The van der Waals surface area contributed by atoms with Crippen LogP contribution >= 0.6 is 0 Å². The molecule has 1 fully saturated rings. The van der Waals surface area contributed by atoms with Gasteiger partial charge in [0.25, 0.3) is 5.91 Å². The zero-order valence-corrected chi connectivity index (χ0v) is 15.3. The van der Waals surface area contributed by atoms with E-state index in [4.69, 9.17) is 5.11 Å². The first kappa shape index (κ1) is 18.6. The van der Waals surface area contributed by atoms with Crippen molar-refractivity contribution in [1.82, 2.24) is 0 Å². The summed E-state index contributed by atoms with van der Waals surface area (Å²) in [6.45, 7) is 1.61. The Bertz CT molecular complexity index is 872. The van der Waals surface area contributed by atoms with Crippen molar-refractivity contribution < 1.29 is 19.5 Å². The topological polar surface area (TPSA) is 86.7 Å². The van der Waals surface area contributed by atoms with Gasteiger partial charge in [-0.25, -0.2) is 0 Å². The van der Waals surface area contributed by atoms with Crippen LogP contribution in [0.3, 0.4) is 0 Å². The van der Waals surface area contributed by atoms with Gasteiger partial charge in [-0.1, -0.05) is 24.3 Å². The molecular formula is C21H22N2O4. The van der Waals surface area contributed by atoms with Gasteiger partial charge in [-0.3, -0.25) is 14.4 Å². The van der Waals surface area contributed by atoms with Crippen molar-refractivity contribution in [3.05, 3.63) is 59.7 Å². The quantitative estimate of drug-likeness (QED) is 0.819. The third kappa shape index (κ3) is 4.16. The van der Waals surface area contributed by atoms with E-state index >= 15 is 0 Å². The number of nitrogens with zero attached hydrogens (tertiary/aromatic N) is 1. The minimum absolute atomic E-state index is 0.0299. The van der Waals surface area contributed by atoms with E-state index in [1.165, 1.54) is 0 Å². The summed E-state index contributed by atoms with van der Waals surface area (Å²) in [4.78, 5) is 37.7. The third-order valence-corrected chi connectivity index (χ3v) is 4.81. The number of hydrogen-bond donors (Lipinski definition) is 2. The van der Waals surface area contributed by atoms with Crippen LogP contribution < -0.4 is 10.2 Å². The molecule has 6 heteroatoms. The Hall–Kier alpha value is -3.15. The summed E-state index contributed by atoms with van der Waals surface area (Å²) in [5, 5.41) is 11.9. The molecule has 1 aliphatic carbocycles. The summed E-state index contributed by atoms with van der Waals surface area (Å²) in [5.41, 5.74) is 2.21. The van der Waals surface area contributed by atoms with Crippen LogP contribution in [0.5, 0.6) is 0 Å². The number of rotatable bonds is 6. The Labute approximate surface area is 157 Å². The summed E-state index contributed by atoms with van der Waals surface area (Å²) in [7, 11) is 1.69. The Morgan fingerprint density at radius 1 is 1.07 bits per heavy atom. The van der Waals surface area contributed by atoms with Crippen molar-refractivity contribution in [3.8, 4) is 0 Å². The summed E-state index contributed by atoms with van der Waals surface area (Å²) in [6, 6.07) is 13.7. The molecule has 27 heavy (non-hydrogen) atoms. The second-order valence-electron chi connectivity index (χ2n) is 6.82. The molecule has 0 spiro atoms. The van der Waals surface area contributed by atoms with Gasteiger partial charge in [0, 0.05) is 18.7 Å². The number of carbonyl (C=O) groups excluding carboxylic acids is 2. The fourth-order valence-electron chi connectivity index (χ4n) is 2.88. The number of amides is 2. The van der Waals surface area contributed by atoms with Crippen LogP contribution in [-0.2, 0) is 9.59 Å². The van der Waals surface area contributed by atoms with Crippen LogP contribution in [0.25, 0.3) is 0 Å². The standard InChI is InChI=1S/C21H22N2O4/c1-13(21(26)27)14-9-11-16(12-10-14)22-19(24)17-5-3-4-6-18(17)23(2)20(25)15-7-8-15/h3-6,9-13,15H,7-8H2,1-2H3,(H,22,24)(H,26,27). The molecule has 1 unspecified atom stereocenters. The molecule has 0 heterocycles. The van der Waals surface area contributed by atoms with E-state index in [0.717, 1.165) is 12.8 Å². The number of carboxylic acid groups (broad SMARTS) is 1. The highest BCUT2D eigenvalue weighted by Crippen LogP contribution is 2.33. The summed E-state index contributed by atoms with van der Waals surface area (Å²) >= 11 is 0. The van der Waals surface area contributed by atoms with Crippen LogP contribution in [0.1, 0.15) is 41.6 Å². The predicted octanol–water partition coefficient (Wildman–Crippen LogP) is 3.50. The maximum atomic E-state index is 12.7. The number of para-hydroxylation sites is 1. The Morgan fingerprint density at radius 3 is 2.30 bits per heavy atom. The van der Waals surface area contributed by atoms with Crippen LogP contribution in [0.2, 0.25) is 0 Å². The number of benzene rings is 2. The van der Waals surface area contributed by atoms with E-state index in [2.05, 4.69) is 5.32 Å². The first-order valence-corrected chi connectivity index (χ1v) is 8.89. The fraction of sp³-hybridized carbons (Fsp3) is 0.286. The Kier molecular flexibility index (Phi) is 5.26. The molecule has 2 amide bonds. The highest BCUT2D eigenvalue weighted by atomic mass is 16.4. The maximum Gasteiger partial charge on any atom is 0.310 e. The van der Waals surface area contributed by atoms with Crippen molar-refractivity contribution in [2.24, 2.45) is 5.92 Å². The molecule has 2 N–H and O–H groups in total. The van der Waals surface area contributed by atoms with Crippen LogP contribution in [0.4, 0.5) is 11.4 Å². The molecule has 1 aliphatic rings. The molecule has 6 nitrogen and oxygen atoms in total. The number of nitrogens with one attached hydrogen (secondary N) is 1. The van der Waals surface area contributed by atoms with Crippen LogP contribution in [0, 0.1) is 5.92 Å². The molecule has 3 rings (SSSR count). The fourth-order valence-corrected chi connectivity index (χ4v) is 2.88. The molecule has 2 aromatic rings. The second-order valence-corrected chi connectivity index (χ2v) is 6.82. The average Bonchev–Trinajstić information content (AvgIpc) is 3.52. The smallest absolute Gasteiger partial charge is 0.310 e. The van der Waals surface area contributed by atoms with Crippen LogP contribution in [0.15, 0.2) is 48.5 Å². The Morgan fingerprint density at radius 2 is 1.70 bits per heavy atom. The lowest BCUT2D eigenvalue weighted by Crippen LogP contribution is -2.29. The van der Waals surface area contributed by atoms with E-state index in [1.54, 1.807) is 67.4 Å². The molecule has 140 valence electrons. The molecule has 1 saturated carbocycles. The van der Waals surface area contributed by atoms with Gasteiger partial charge in [0.05, 0.1) is 17.2 Å². The van der Waals surface area contributed by atoms with Crippen molar-refractivity contribution in [2.45, 2.75) is 25.7 Å². The molecule has 0 bridgehead atoms.